The lowest BCUT2D eigenvalue weighted by atomic mass is 9.84. The molecule has 66 heavy (non-hydrogen) atoms. The van der Waals surface area contributed by atoms with Gasteiger partial charge in [0, 0.05) is 80.3 Å². The minimum Gasteiger partial charge on any atom is -0.508 e. The molecule has 16 nitrogen and oxygen atoms in total. The van der Waals surface area contributed by atoms with Crippen LogP contribution in [0.3, 0.4) is 0 Å². The second kappa shape index (κ2) is 18.4. The van der Waals surface area contributed by atoms with Crippen LogP contribution in [0.5, 0.6) is 5.75 Å². The number of carbonyl (C=O) groups excluding carboxylic acids is 5. The van der Waals surface area contributed by atoms with Crippen molar-refractivity contribution in [1.29, 1.82) is 5.26 Å². The first-order valence-electron chi connectivity index (χ1n) is 22.5. The molecule has 6 bridgehead atoms. The number of aromatic hydroxyl groups is 1. The van der Waals surface area contributed by atoms with Gasteiger partial charge in [-0.1, -0.05) is 46.4 Å². The topological polar surface area (TPSA) is 210 Å². The summed E-state index contributed by atoms with van der Waals surface area (Å²) in [5.74, 6) is -3.34. The van der Waals surface area contributed by atoms with Crippen LogP contribution in [0.2, 0.25) is 0 Å². The van der Waals surface area contributed by atoms with Crippen LogP contribution in [0.4, 0.5) is 0 Å². The highest BCUT2D eigenvalue weighted by molar-refractivity contribution is 5.96. The van der Waals surface area contributed by atoms with E-state index in [-0.39, 0.29) is 56.5 Å². The molecule has 0 aliphatic carbocycles. The predicted octanol–water partition coefficient (Wildman–Crippen LogP) is 4.84. The highest BCUT2D eigenvalue weighted by atomic mass is 16.6. The van der Waals surface area contributed by atoms with Gasteiger partial charge in [0.15, 0.2) is 0 Å². The molecular weight excluding hydrogens is 841 g/mol. The fourth-order valence-corrected chi connectivity index (χ4v) is 9.89. The van der Waals surface area contributed by atoms with Crippen LogP contribution in [0.1, 0.15) is 77.5 Å². The van der Waals surface area contributed by atoms with E-state index in [2.05, 4.69) is 32.9 Å². The molecule has 1 unspecified atom stereocenters. The SMILES string of the molecule is C=CC(=O)N1CCC(C)(C(=O)N(C)[C@H](C(=O)N[C@H]2Cc3cc(O)cc(c3)-c3ccc4c(c3)c(c(-c3cncc(C#N)c3)n4CC)CC(C)(C)COC(=O)[C@@]3(O)CCCN(N3)C2=O)C(C)C)C1. The lowest BCUT2D eigenvalue weighted by Gasteiger charge is -2.40. The second-order valence-electron chi connectivity index (χ2n) is 19.4. The first-order valence-corrected chi connectivity index (χ1v) is 22.5. The number of phenols is 1. The largest absolute Gasteiger partial charge is 0.508 e. The van der Waals surface area contributed by atoms with Crippen LogP contribution < -0.4 is 10.7 Å². The Kier molecular flexibility index (Phi) is 13.2. The smallest absolute Gasteiger partial charge is 0.355 e. The van der Waals surface area contributed by atoms with Crippen LogP contribution in [-0.4, -0.2) is 115 Å². The highest BCUT2D eigenvalue weighted by Gasteiger charge is 2.48. The zero-order valence-electron chi connectivity index (χ0n) is 38.8. The summed E-state index contributed by atoms with van der Waals surface area (Å²) in [4.78, 5) is 77.2. The number of aryl methyl sites for hydroxylation is 1. The molecule has 0 saturated carbocycles. The van der Waals surface area contributed by atoms with E-state index >= 15 is 0 Å². The van der Waals surface area contributed by atoms with Crippen molar-refractivity contribution in [2.45, 2.75) is 98.0 Å². The molecule has 4 aromatic rings. The minimum atomic E-state index is -2.28. The average molecular weight is 901 g/mol. The van der Waals surface area contributed by atoms with Crippen molar-refractivity contribution < 1.29 is 38.9 Å². The number of hydrogen-bond acceptors (Lipinski definition) is 11. The molecular formula is C50H60N8O8. The maximum absolute atomic E-state index is 14.7. The van der Waals surface area contributed by atoms with Crippen molar-refractivity contribution in [3.8, 4) is 34.2 Å². The summed E-state index contributed by atoms with van der Waals surface area (Å²) in [6, 6.07) is 12.6. The average Bonchev–Trinajstić information content (AvgIpc) is 3.84. The summed E-state index contributed by atoms with van der Waals surface area (Å²) in [7, 11) is 1.54. The van der Waals surface area contributed by atoms with Crippen LogP contribution >= 0.6 is 0 Å². The zero-order valence-corrected chi connectivity index (χ0v) is 38.8. The number of ether oxygens (including phenoxy) is 1. The number of carbonyl (C=O) groups is 5. The van der Waals surface area contributed by atoms with E-state index in [9.17, 15) is 39.4 Å². The summed E-state index contributed by atoms with van der Waals surface area (Å²) in [5.41, 5.74) is 4.53. The number of nitriles is 1. The van der Waals surface area contributed by atoms with Gasteiger partial charge in [0.25, 0.3) is 5.91 Å². The number of hydrazine groups is 1. The Morgan fingerprint density at radius 1 is 1.08 bits per heavy atom. The fourth-order valence-electron chi connectivity index (χ4n) is 9.89. The number of fused-ring (bicyclic) bond motifs is 6. The minimum absolute atomic E-state index is 0.0565. The summed E-state index contributed by atoms with van der Waals surface area (Å²) >= 11 is 0. The number of amides is 4. The van der Waals surface area contributed by atoms with Crippen LogP contribution in [0, 0.1) is 28.1 Å². The third-order valence-electron chi connectivity index (χ3n) is 13.2. The van der Waals surface area contributed by atoms with E-state index in [1.165, 1.54) is 23.2 Å². The molecule has 3 aliphatic heterocycles. The van der Waals surface area contributed by atoms with Crippen LogP contribution in [0.25, 0.3) is 33.3 Å². The van der Waals surface area contributed by atoms with Gasteiger partial charge in [-0.3, -0.25) is 29.2 Å². The zero-order chi connectivity index (χ0) is 47.9. The lowest BCUT2D eigenvalue weighted by Crippen LogP contribution is -2.67. The van der Waals surface area contributed by atoms with E-state index in [1.807, 2.05) is 45.0 Å². The Bertz CT molecular complexity index is 2650. The molecule has 348 valence electrons. The molecule has 4 atom stereocenters. The summed E-state index contributed by atoms with van der Waals surface area (Å²) in [6.45, 7) is 16.0. The van der Waals surface area contributed by atoms with Crippen molar-refractivity contribution in [3.63, 3.8) is 0 Å². The number of pyridine rings is 1. The van der Waals surface area contributed by atoms with Gasteiger partial charge in [-0.15, -0.1) is 0 Å². The van der Waals surface area contributed by atoms with Crippen molar-refractivity contribution in [2.24, 2.45) is 16.7 Å². The van der Waals surface area contributed by atoms with E-state index in [0.717, 1.165) is 38.3 Å². The summed E-state index contributed by atoms with van der Waals surface area (Å²) in [6.07, 6.45) is 5.29. The van der Waals surface area contributed by atoms with Crippen LogP contribution in [0.15, 0.2) is 67.5 Å². The number of likely N-dealkylation sites (N-methyl/N-ethyl adjacent to an activating group) is 1. The molecule has 2 aromatic heterocycles. The van der Waals surface area contributed by atoms with Crippen LogP contribution in [-0.2, 0) is 48.1 Å². The standard InChI is InChI=1S/C50H60N8O8/c1-9-41(60)56-17-15-49(7,28-56)46(63)55(8)42(30(3)4)44(61)53-39-21-31-18-34(22-36(59)20-31)33-12-13-40-37(23-33)38(43(57(40)10-2)35-19-32(25-51)26-52-27-35)24-48(5,6)29-66-47(64)50(65)14-11-16-58(54-50)45(39)62/h9,12-13,18-20,22-23,26-27,30,39,42,54,59,65H,1,10-11,14-17,21,24,28-29H2,2-8H3,(H,53,61)/t39-,42-,49?,50-/m0/s1. The molecule has 4 N–H and O–H groups in total. The number of aromatic nitrogens is 2. The third-order valence-corrected chi connectivity index (χ3v) is 13.2. The number of aliphatic hydroxyl groups is 1. The number of hydrogen-bond donors (Lipinski definition) is 4. The molecule has 2 fully saturated rings. The van der Waals surface area contributed by atoms with Crippen molar-refractivity contribution >= 4 is 40.5 Å². The Balaban J connectivity index is 1.32. The second-order valence-corrected chi connectivity index (χ2v) is 19.4. The Hall–Kier alpha value is -6.57. The number of rotatable bonds is 8. The van der Waals surface area contributed by atoms with Crippen molar-refractivity contribution in [3.05, 3.63) is 84.2 Å². The lowest BCUT2D eigenvalue weighted by molar-refractivity contribution is -0.189. The summed E-state index contributed by atoms with van der Waals surface area (Å²) < 4.78 is 8.06. The van der Waals surface area contributed by atoms with E-state index in [4.69, 9.17) is 4.74 Å². The first-order chi connectivity index (χ1) is 31.2. The normalized spacial score (nSPS) is 22.6. The number of esters is 1. The molecule has 5 heterocycles. The van der Waals surface area contributed by atoms with Gasteiger partial charge in [0.1, 0.15) is 23.9 Å². The van der Waals surface area contributed by atoms with Gasteiger partial charge in [0.2, 0.25) is 23.4 Å². The molecule has 16 heteroatoms. The molecule has 0 radical (unpaired) electrons. The molecule has 3 aliphatic rings. The van der Waals surface area contributed by atoms with Gasteiger partial charge in [-0.25, -0.2) is 4.79 Å². The number of nitrogens with zero attached hydrogens (tertiary/aromatic N) is 6. The maximum atomic E-state index is 14.7. The van der Waals surface area contributed by atoms with Gasteiger partial charge in [0.05, 0.1) is 23.3 Å². The van der Waals surface area contributed by atoms with E-state index in [0.29, 0.717) is 42.6 Å². The molecule has 0 spiro atoms. The number of nitrogens with one attached hydrogen (secondary N) is 2. The van der Waals surface area contributed by atoms with Crippen molar-refractivity contribution in [2.75, 3.05) is 33.3 Å². The van der Waals surface area contributed by atoms with E-state index in [1.54, 1.807) is 51.0 Å². The van der Waals surface area contributed by atoms with E-state index < -0.39 is 52.3 Å². The molecule has 7 rings (SSSR count). The Morgan fingerprint density at radius 2 is 1.83 bits per heavy atom. The summed E-state index contributed by atoms with van der Waals surface area (Å²) in [5, 5.41) is 37.9. The van der Waals surface area contributed by atoms with Gasteiger partial charge >= 0.3 is 5.97 Å². The third kappa shape index (κ3) is 9.27. The fraction of sp³-hybridized carbons (Fsp3) is 0.460. The van der Waals surface area contributed by atoms with Gasteiger partial charge in [-0.05, 0) is 97.7 Å². The monoisotopic (exact) mass is 900 g/mol. The highest BCUT2D eigenvalue weighted by Crippen LogP contribution is 2.41. The first kappa shape index (κ1) is 47.4. The predicted molar refractivity (Wildman–Crippen MR) is 247 cm³/mol. The van der Waals surface area contributed by atoms with Gasteiger partial charge < -0.3 is 34.6 Å². The van der Waals surface area contributed by atoms with Crippen molar-refractivity contribution in [1.82, 2.24) is 35.1 Å². The Morgan fingerprint density at radius 3 is 2.53 bits per heavy atom. The molecule has 2 saturated heterocycles. The number of likely N-dealkylation sites (tertiary alicyclic amines) is 1. The quantitative estimate of drug-likeness (QED) is 0.139. The number of benzene rings is 2. The Labute approximate surface area is 385 Å². The maximum Gasteiger partial charge on any atom is 0.355 e. The van der Waals surface area contributed by atoms with Gasteiger partial charge in [-0.2, -0.15) is 10.7 Å². The number of phenolic OH excluding ortho intramolecular Hbond substituents is 1. The molecule has 2 aromatic carbocycles. The number of cyclic esters (lactones) is 1. The molecule has 4 amide bonds.